The monoisotopic (exact) mass is 351 g/mol. The summed E-state index contributed by atoms with van der Waals surface area (Å²) in [4.78, 5) is 40.8. The average molecular weight is 351 g/mol. The molecule has 1 aromatic rings. The van der Waals surface area contributed by atoms with Gasteiger partial charge in [-0.15, -0.1) is 0 Å². The summed E-state index contributed by atoms with van der Waals surface area (Å²) in [5.41, 5.74) is 0.251. The fraction of sp³-hybridized carbons (Fsp3) is 0.471. The van der Waals surface area contributed by atoms with Gasteiger partial charge in [-0.05, 0) is 12.1 Å². The highest BCUT2D eigenvalue weighted by molar-refractivity contribution is 6.00. The molecule has 0 bridgehead atoms. The van der Waals surface area contributed by atoms with E-state index < -0.39 is 17.6 Å². The second kappa shape index (κ2) is 6.78. The summed E-state index contributed by atoms with van der Waals surface area (Å²) in [5, 5.41) is 0. The van der Waals surface area contributed by atoms with Gasteiger partial charge >= 0.3 is 0 Å². The van der Waals surface area contributed by atoms with Crippen molar-refractivity contribution in [2.45, 2.75) is 13.3 Å². The standard InChI is InChI=1S/C17H19F2N3O3/c1-11(23)20-4-6-21(7-5-20)17(25)12-8-16(24)22(10-12)13-2-3-14(18)15(19)9-13/h2-3,9,12H,4-8,10H2,1H3. The van der Waals surface area contributed by atoms with Crippen LogP contribution in [0.3, 0.4) is 0 Å². The fourth-order valence-corrected chi connectivity index (χ4v) is 3.28. The minimum absolute atomic E-state index is 0.0207. The number of halogens is 2. The van der Waals surface area contributed by atoms with Crippen molar-refractivity contribution in [1.29, 1.82) is 0 Å². The Morgan fingerprint density at radius 3 is 2.28 bits per heavy atom. The van der Waals surface area contributed by atoms with E-state index in [0.717, 1.165) is 12.1 Å². The van der Waals surface area contributed by atoms with E-state index in [2.05, 4.69) is 0 Å². The molecule has 0 aliphatic carbocycles. The van der Waals surface area contributed by atoms with E-state index in [4.69, 9.17) is 0 Å². The van der Waals surface area contributed by atoms with Gasteiger partial charge in [-0.3, -0.25) is 14.4 Å². The Morgan fingerprint density at radius 2 is 1.68 bits per heavy atom. The topological polar surface area (TPSA) is 60.9 Å². The Morgan fingerprint density at radius 1 is 1.04 bits per heavy atom. The van der Waals surface area contributed by atoms with Gasteiger partial charge in [0.2, 0.25) is 17.7 Å². The Bertz CT molecular complexity index is 717. The van der Waals surface area contributed by atoms with Gasteiger partial charge in [0, 0.05) is 57.8 Å². The first-order valence-electron chi connectivity index (χ1n) is 8.16. The van der Waals surface area contributed by atoms with Crippen LogP contribution in [0.5, 0.6) is 0 Å². The Hall–Kier alpha value is -2.51. The van der Waals surface area contributed by atoms with Crippen LogP contribution in [0.1, 0.15) is 13.3 Å². The maximum absolute atomic E-state index is 13.4. The molecule has 2 saturated heterocycles. The number of carbonyl (C=O) groups is 3. The molecule has 3 rings (SSSR count). The number of anilines is 1. The van der Waals surface area contributed by atoms with Crippen LogP contribution in [0.2, 0.25) is 0 Å². The van der Waals surface area contributed by atoms with Crippen LogP contribution >= 0.6 is 0 Å². The van der Waals surface area contributed by atoms with E-state index in [1.807, 2.05) is 0 Å². The number of hydrogen-bond donors (Lipinski definition) is 0. The van der Waals surface area contributed by atoms with Crippen LogP contribution in [-0.4, -0.2) is 60.2 Å². The zero-order valence-corrected chi connectivity index (χ0v) is 13.9. The number of hydrogen-bond acceptors (Lipinski definition) is 3. The lowest BCUT2D eigenvalue weighted by Gasteiger charge is -2.35. The van der Waals surface area contributed by atoms with Crippen molar-refractivity contribution in [2.75, 3.05) is 37.6 Å². The number of amides is 3. The molecular formula is C17H19F2N3O3. The highest BCUT2D eigenvalue weighted by Crippen LogP contribution is 2.27. The first-order valence-corrected chi connectivity index (χ1v) is 8.16. The summed E-state index contributed by atoms with van der Waals surface area (Å²) in [7, 11) is 0. The van der Waals surface area contributed by atoms with Crippen molar-refractivity contribution < 1.29 is 23.2 Å². The molecule has 2 fully saturated rings. The molecule has 0 spiro atoms. The molecule has 0 radical (unpaired) electrons. The Balaban J connectivity index is 1.65. The fourth-order valence-electron chi connectivity index (χ4n) is 3.28. The molecule has 25 heavy (non-hydrogen) atoms. The first kappa shape index (κ1) is 17.3. The van der Waals surface area contributed by atoms with Gasteiger partial charge in [-0.2, -0.15) is 0 Å². The van der Waals surface area contributed by atoms with Crippen LogP contribution in [0.15, 0.2) is 18.2 Å². The van der Waals surface area contributed by atoms with Crippen LogP contribution in [0, 0.1) is 17.6 Å². The summed E-state index contributed by atoms with van der Waals surface area (Å²) in [6, 6.07) is 3.26. The highest BCUT2D eigenvalue weighted by Gasteiger charge is 2.38. The molecule has 2 heterocycles. The maximum Gasteiger partial charge on any atom is 0.228 e. The van der Waals surface area contributed by atoms with Gasteiger partial charge in [-0.1, -0.05) is 0 Å². The third-order valence-corrected chi connectivity index (χ3v) is 4.73. The molecule has 2 aliphatic heterocycles. The van der Waals surface area contributed by atoms with Crippen LogP contribution in [-0.2, 0) is 14.4 Å². The average Bonchev–Trinajstić information content (AvgIpc) is 2.98. The van der Waals surface area contributed by atoms with Gasteiger partial charge in [0.1, 0.15) is 0 Å². The minimum Gasteiger partial charge on any atom is -0.339 e. The number of carbonyl (C=O) groups excluding carboxylic acids is 3. The smallest absolute Gasteiger partial charge is 0.228 e. The largest absolute Gasteiger partial charge is 0.339 e. The van der Waals surface area contributed by atoms with E-state index >= 15 is 0 Å². The van der Waals surface area contributed by atoms with Crippen molar-refractivity contribution in [3.63, 3.8) is 0 Å². The Kier molecular flexibility index (Phi) is 4.69. The molecule has 3 amide bonds. The maximum atomic E-state index is 13.4. The number of piperazine rings is 1. The van der Waals surface area contributed by atoms with Crippen LogP contribution < -0.4 is 4.90 Å². The van der Waals surface area contributed by atoms with Crippen molar-refractivity contribution in [3.8, 4) is 0 Å². The molecule has 0 aromatic heterocycles. The van der Waals surface area contributed by atoms with Gasteiger partial charge < -0.3 is 14.7 Å². The van der Waals surface area contributed by atoms with E-state index in [-0.39, 0.29) is 36.4 Å². The Labute approximate surface area is 144 Å². The molecule has 8 heteroatoms. The molecule has 0 saturated carbocycles. The minimum atomic E-state index is -1.03. The molecular weight excluding hydrogens is 332 g/mol. The third-order valence-electron chi connectivity index (χ3n) is 4.73. The van der Waals surface area contributed by atoms with E-state index in [1.165, 1.54) is 17.9 Å². The van der Waals surface area contributed by atoms with E-state index in [0.29, 0.717) is 26.2 Å². The zero-order chi connectivity index (χ0) is 18.1. The first-order chi connectivity index (χ1) is 11.9. The molecule has 1 aromatic carbocycles. The molecule has 6 nitrogen and oxygen atoms in total. The van der Waals surface area contributed by atoms with Gasteiger partial charge in [-0.25, -0.2) is 8.78 Å². The second-order valence-electron chi connectivity index (χ2n) is 6.34. The summed E-state index contributed by atoms with van der Waals surface area (Å²) >= 11 is 0. The van der Waals surface area contributed by atoms with Crippen LogP contribution in [0.25, 0.3) is 0 Å². The lowest BCUT2D eigenvalue weighted by atomic mass is 10.1. The van der Waals surface area contributed by atoms with Crippen molar-refractivity contribution >= 4 is 23.4 Å². The lowest BCUT2D eigenvalue weighted by molar-refractivity contribution is -0.141. The normalized spacial score (nSPS) is 21.0. The van der Waals surface area contributed by atoms with E-state index in [9.17, 15) is 23.2 Å². The van der Waals surface area contributed by atoms with Gasteiger partial charge in [0.25, 0.3) is 0 Å². The molecule has 0 N–H and O–H groups in total. The third kappa shape index (κ3) is 3.47. The summed E-state index contributed by atoms with van der Waals surface area (Å²) in [5.74, 6) is -2.96. The molecule has 1 atom stereocenters. The SMILES string of the molecule is CC(=O)N1CCN(C(=O)C2CC(=O)N(c3ccc(F)c(F)c3)C2)CC1. The van der Waals surface area contributed by atoms with Crippen molar-refractivity contribution in [2.24, 2.45) is 5.92 Å². The predicted octanol–water partition coefficient (Wildman–Crippen LogP) is 1.01. The lowest BCUT2D eigenvalue weighted by Crippen LogP contribution is -2.51. The molecule has 2 aliphatic rings. The van der Waals surface area contributed by atoms with Crippen LogP contribution in [0.4, 0.5) is 14.5 Å². The number of rotatable bonds is 2. The van der Waals surface area contributed by atoms with Gasteiger partial charge in [0.05, 0.1) is 5.92 Å². The van der Waals surface area contributed by atoms with E-state index in [1.54, 1.807) is 9.80 Å². The summed E-state index contributed by atoms with van der Waals surface area (Å²) < 4.78 is 26.4. The highest BCUT2D eigenvalue weighted by atomic mass is 19.2. The zero-order valence-electron chi connectivity index (χ0n) is 13.9. The number of benzene rings is 1. The second-order valence-corrected chi connectivity index (χ2v) is 6.34. The summed E-state index contributed by atoms with van der Waals surface area (Å²) in [6.07, 6.45) is 0.0464. The van der Waals surface area contributed by atoms with Crippen molar-refractivity contribution in [3.05, 3.63) is 29.8 Å². The predicted molar refractivity (Wildman–Crippen MR) is 85.7 cm³/mol. The molecule has 134 valence electrons. The van der Waals surface area contributed by atoms with Gasteiger partial charge in [0.15, 0.2) is 11.6 Å². The number of nitrogens with zero attached hydrogens (tertiary/aromatic N) is 3. The quantitative estimate of drug-likeness (QED) is 0.799. The van der Waals surface area contributed by atoms with Crippen molar-refractivity contribution in [1.82, 2.24) is 9.80 Å². The summed E-state index contributed by atoms with van der Waals surface area (Å²) in [6.45, 7) is 3.48. The molecule has 1 unspecified atom stereocenters.